The molecule has 0 aliphatic heterocycles. The van der Waals surface area contributed by atoms with Gasteiger partial charge in [0.2, 0.25) is 0 Å². The number of nitrogens with zero attached hydrogens (tertiary/aromatic N) is 2. The van der Waals surface area contributed by atoms with Crippen LogP contribution in [0.1, 0.15) is 11.7 Å². The number of nitrogens with two attached hydrogens (primary N) is 1. The van der Waals surface area contributed by atoms with Crippen LogP contribution in [0.15, 0.2) is 12.5 Å². The van der Waals surface area contributed by atoms with Gasteiger partial charge in [-0.2, -0.15) is 0 Å². The molecule has 0 aliphatic carbocycles. The van der Waals surface area contributed by atoms with Crippen LogP contribution in [0.2, 0.25) is 0 Å². The first-order valence-electron chi connectivity index (χ1n) is 3.07. The van der Waals surface area contributed by atoms with E-state index in [1.807, 2.05) is 0 Å². The average Bonchev–Trinajstić information content (AvgIpc) is 2.34. The lowest BCUT2D eigenvalue weighted by molar-refractivity contribution is -0.138. The molecule has 0 bridgehead atoms. The molecule has 5 heteroatoms. The van der Waals surface area contributed by atoms with E-state index in [1.165, 1.54) is 6.33 Å². The van der Waals surface area contributed by atoms with Crippen LogP contribution in [0.4, 0.5) is 0 Å². The van der Waals surface area contributed by atoms with Crippen molar-refractivity contribution in [2.24, 2.45) is 12.8 Å². The standard InChI is InChI=1S/C6H9N3O2/c1-9-2-4(8-3-9)5(7)6(10)11/h2-3,5H,7H2,1H3,(H,10,11)/t5-/m0/s1. The maximum atomic E-state index is 10.3. The van der Waals surface area contributed by atoms with Crippen LogP contribution in [0.25, 0.3) is 0 Å². The molecule has 0 unspecified atom stereocenters. The predicted octanol–water partition coefficient (Wildman–Crippen LogP) is -0.496. The van der Waals surface area contributed by atoms with Gasteiger partial charge in [-0.25, -0.2) is 4.98 Å². The molecule has 0 radical (unpaired) electrons. The van der Waals surface area contributed by atoms with E-state index < -0.39 is 12.0 Å². The molecule has 1 aromatic rings. The number of carbonyl (C=O) groups is 1. The average molecular weight is 155 g/mol. The normalized spacial score (nSPS) is 12.9. The summed E-state index contributed by atoms with van der Waals surface area (Å²) >= 11 is 0. The van der Waals surface area contributed by atoms with Crippen molar-refractivity contribution in [2.75, 3.05) is 0 Å². The van der Waals surface area contributed by atoms with Gasteiger partial charge >= 0.3 is 5.97 Å². The zero-order valence-corrected chi connectivity index (χ0v) is 6.06. The summed E-state index contributed by atoms with van der Waals surface area (Å²) in [5.74, 6) is -1.07. The number of aromatic nitrogens is 2. The van der Waals surface area contributed by atoms with Crippen molar-refractivity contribution in [1.29, 1.82) is 0 Å². The second kappa shape index (κ2) is 2.71. The molecule has 0 fully saturated rings. The van der Waals surface area contributed by atoms with Crippen molar-refractivity contribution in [3.63, 3.8) is 0 Å². The topological polar surface area (TPSA) is 81.1 Å². The minimum atomic E-state index is -1.07. The smallest absolute Gasteiger partial charge is 0.326 e. The zero-order chi connectivity index (χ0) is 8.43. The van der Waals surface area contributed by atoms with Crippen LogP contribution in [0.5, 0.6) is 0 Å². The SMILES string of the molecule is Cn1cnc([C@H](N)C(=O)O)c1. The third kappa shape index (κ3) is 1.56. The minimum absolute atomic E-state index is 0.375. The van der Waals surface area contributed by atoms with Crippen LogP contribution < -0.4 is 5.73 Å². The maximum Gasteiger partial charge on any atom is 0.326 e. The van der Waals surface area contributed by atoms with Crippen molar-refractivity contribution >= 4 is 5.97 Å². The molecular formula is C6H9N3O2. The first-order chi connectivity index (χ1) is 5.11. The maximum absolute atomic E-state index is 10.3. The van der Waals surface area contributed by atoms with Gasteiger partial charge < -0.3 is 15.4 Å². The number of rotatable bonds is 2. The van der Waals surface area contributed by atoms with Crippen molar-refractivity contribution in [3.05, 3.63) is 18.2 Å². The molecule has 0 aromatic carbocycles. The molecule has 1 heterocycles. The first-order valence-corrected chi connectivity index (χ1v) is 3.07. The highest BCUT2D eigenvalue weighted by Gasteiger charge is 2.15. The Morgan fingerprint density at radius 1 is 1.91 bits per heavy atom. The minimum Gasteiger partial charge on any atom is -0.480 e. The number of imidazole rings is 1. The quantitative estimate of drug-likeness (QED) is 0.603. The number of hydrogen-bond donors (Lipinski definition) is 2. The molecule has 60 valence electrons. The van der Waals surface area contributed by atoms with E-state index in [4.69, 9.17) is 10.8 Å². The van der Waals surface area contributed by atoms with Crippen LogP contribution in [-0.2, 0) is 11.8 Å². The molecule has 1 atom stereocenters. The van der Waals surface area contributed by atoms with Crippen molar-refractivity contribution < 1.29 is 9.90 Å². The summed E-state index contributed by atoms with van der Waals surface area (Å²) < 4.78 is 1.65. The molecule has 11 heavy (non-hydrogen) atoms. The highest BCUT2D eigenvalue weighted by molar-refractivity contribution is 5.74. The van der Waals surface area contributed by atoms with E-state index in [0.29, 0.717) is 5.69 Å². The lowest BCUT2D eigenvalue weighted by Crippen LogP contribution is -2.20. The van der Waals surface area contributed by atoms with E-state index >= 15 is 0 Å². The van der Waals surface area contributed by atoms with Gasteiger partial charge in [-0.3, -0.25) is 4.79 Å². The highest BCUT2D eigenvalue weighted by atomic mass is 16.4. The second-order valence-electron chi connectivity index (χ2n) is 2.28. The van der Waals surface area contributed by atoms with Gasteiger partial charge in [-0.05, 0) is 0 Å². The van der Waals surface area contributed by atoms with Crippen molar-refractivity contribution in [3.8, 4) is 0 Å². The van der Waals surface area contributed by atoms with Crippen LogP contribution >= 0.6 is 0 Å². The fourth-order valence-electron chi connectivity index (χ4n) is 0.720. The van der Waals surface area contributed by atoms with E-state index in [1.54, 1.807) is 17.8 Å². The molecule has 0 amide bonds. The summed E-state index contributed by atoms with van der Waals surface area (Å²) in [7, 11) is 1.76. The van der Waals surface area contributed by atoms with E-state index in [-0.39, 0.29) is 0 Å². The largest absolute Gasteiger partial charge is 0.480 e. The Kier molecular flexibility index (Phi) is 1.91. The molecule has 1 aromatic heterocycles. The lowest BCUT2D eigenvalue weighted by atomic mass is 10.2. The van der Waals surface area contributed by atoms with Gasteiger partial charge in [-0.1, -0.05) is 0 Å². The Morgan fingerprint density at radius 2 is 2.55 bits per heavy atom. The summed E-state index contributed by atoms with van der Waals surface area (Å²) in [4.78, 5) is 14.1. The summed E-state index contributed by atoms with van der Waals surface area (Å²) in [6.45, 7) is 0. The predicted molar refractivity (Wildman–Crippen MR) is 37.8 cm³/mol. The van der Waals surface area contributed by atoms with E-state index in [0.717, 1.165) is 0 Å². The molecule has 0 saturated heterocycles. The van der Waals surface area contributed by atoms with Gasteiger partial charge in [0.25, 0.3) is 0 Å². The zero-order valence-electron chi connectivity index (χ0n) is 6.06. The second-order valence-corrected chi connectivity index (χ2v) is 2.28. The van der Waals surface area contributed by atoms with Gasteiger partial charge in [-0.15, -0.1) is 0 Å². The fourth-order valence-corrected chi connectivity index (χ4v) is 0.720. The molecule has 5 nitrogen and oxygen atoms in total. The monoisotopic (exact) mass is 155 g/mol. The Labute approximate surface area is 63.5 Å². The van der Waals surface area contributed by atoms with Crippen molar-refractivity contribution in [1.82, 2.24) is 9.55 Å². The summed E-state index contributed by atoms with van der Waals surface area (Å²) in [6, 6.07) is -1.02. The van der Waals surface area contributed by atoms with Crippen molar-refractivity contribution in [2.45, 2.75) is 6.04 Å². The summed E-state index contributed by atoms with van der Waals surface area (Å²) in [5, 5.41) is 8.47. The van der Waals surface area contributed by atoms with Crippen LogP contribution in [0, 0.1) is 0 Å². The Hall–Kier alpha value is -1.36. The van der Waals surface area contributed by atoms with E-state index in [2.05, 4.69) is 4.98 Å². The van der Waals surface area contributed by atoms with Gasteiger partial charge in [0, 0.05) is 13.2 Å². The molecule has 0 saturated carbocycles. The highest BCUT2D eigenvalue weighted by Crippen LogP contribution is 2.05. The van der Waals surface area contributed by atoms with Crippen LogP contribution in [0.3, 0.4) is 0 Å². The fraction of sp³-hybridized carbons (Fsp3) is 0.333. The van der Waals surface area contributed by atoms with Gasteiger partial charge in [0.15, 0.2) is 0 Å². The number of aliphatic carboxylic acids is 1. The van der Waals surface area contributed by atoms with E-state index in [9.17, 15) is 4.79 Å². The first kappa shape index (κ1) is 7.74. The lowest BCUT2D eigenvalue weighted by Gasteiger charge is -1.99. The third-order valence-electron chi connectivity index (χ3n) is 1.31. The molecule has 3 N–H and O–H groups in total. The third-order valence-corrected chi connectivity index (χ3v) is 1.31. The van der Waals surface area contributed by atoms with Crippen LogP contribution in [-0.4, -0.2) is 20.6 Å². The summed E-state index contributed by atoms with van der Waals surface area (Å²) in [6.07, 6.45) is 3.09. The number of carboxylic acid groups (broad SMARTS) is 1. The Balaban J connectivity index is 2.84. The summed E-state index contributed by atoms with van der Waals surface area (Å²) in [5.41, 5.74) is 5.65. The molecular weight excluding hydrogens is 146 g/mol. The van der Waals surface area contributed by atoms with Gasteiger partial charge in [0.1, 0.15) is 6.04 Å². The number of aryl methyl sites for hydroxylation is 1. The Morgan fingerprint density at radius 3 is 2.91 bits per heavy atom. The number of carboxylic acids is 1. The Bertz CT molecular complexity index is 269. The molecule has 0 aliphatic rings. The molecule has 1 rings (SSSR count). The van der Waals surface area contributed by atoms with Gasteiger partial charge in [0.05, 0.1) is 12.0 Å². The number of hydrogen-bond acceptors (Lipinski definition) is 3. The molecule has 0 spiro atoms.